The summed E-state index contributed by atoms with van der Waals surface area (Å²) in [5.74, 6) is -1.57. The Kier molecular flexibility index (Phi) is 3.62. The van der Waals surface area contributed by atoms with E-state index in [1.807, 2.05) is 0 Å². The number of aliphatic carboxylic acids is 1. The van der Waals surface area contributed by atoms with Crippen LogP contribution in [0.5, 0.6) is 0 Å². The molecule has 0 aliphatic carbocycles. The second kappa shape index (κ2) is 5.57. The van der Waals surface area contributed by atoms with Crippen LogP contribution in [0.25, 0.3) is 0 Å². The zero-order chi connectivity index (χ0) is 14.8. The van der Waals surface area contributed by atoms with E-state index in [4.69, 9.17) is 0 Å². The van der Waals surface area contributed by atoms with Gasteiger partial charge in [0.1, 0.15) is 11.9 Å². The highest BCUT2D eigenvalue weighted by atomic mass is 19.1. The third-order valence-corrected chi connectivity index (χ3v) is 3.65. The molecular weight excluding hydrogens is 273 g/mol. The zero-order valence-corrected chi connectivity index (χ0v) is 11.2. The minimum atomic E-state index is -1.06. The van der Waals surface area contributed by atoms with Crippen molar-refractivity contribution in [2.45, 2.75) is 19.0 Å². The summed E-state index contributed by atoms with van der Waals surface area (Å²) in [5.41, 5.74) is 1.81. The Morgan fingerprint density at radius 2 is 1.95 bits per heavy atom. The van der Waals surface area contributed by atoms with Crippen LogP contribution in [0, 0.1) is 5.82 Å². The highest BCUT2D eigenvalue weighted by Crippen LogP contribution is 2.28. The molecule has 108 valence electrons. The molecule has 1 atom stereocenters. The van der Waals surface area contributed by atoms with Gasteiger partial charge in [-0.25, -0.2) is 4.39 Å². The number of carbonyl (C=O) groups is 1. The van der Waals surface area contributed by atoms with Crippen molar-refractivity contribution < 1.29 is 14.3 Å². The van der Waals surface area contributed by atoms with Gasteiger partial charge in [0.05, 0.1) is 11.4 Å². The minimum absolute atomic E-state index is 0.178. The van der Waals surface area contributed by atoms with Gasteiger partial charge in [-0.2, -0.15) is 0 Å². The Morgan fingerprint density at radius 3 is 2.67 bits per heavy atom. The maximum Gasteiger partial charge on any atom is 0.325 e. The first-order valence-electron chi connectivity index (χ1n) is 6.67. The van der Waals surface area contributed by atoms with Crippen LogP contribution in [-0.2, 0) is 17.8 Å². The highest BCUT2D eigenvalue weighted by molar-refractivity contribution is 5.75. The first-order chi connectivity index (χ1) is 10.2. The SMILES string of the molecule is O=C(O)C(c1ccccc1F)N1CCc2nccnc2C1. The number of carboxylic acid groups (broad SMARTS) is 1. The molecule has 1 aromatic heterocycles. The van der Waals surface area contributed by atoms with Gasteiger partial charge in [-0.3, -0.25) is 19.7 Å². The van der Waals surface area contributed by atoms with Crippen LogP contribution < -0.4 is 0 Å². The summed E-state index contributed by atoms with van der Waals surface area (Å²) in [4.78, 5) is 21.8. The molecule has 0 amide bonds. The summed E-state index contributed by atoms with van der Waals surface area (Å²) in [6.45, 7) is 0.867. The fraction of sp³-hybridized carbons (Fsp3) is 0.267. The van der Waals surface area contributed by atoms with Crippen LogP contribution in [0.15, 0.2) is 36.7 Å². The van der Waals surface area contributed by atoms with Gasteiger partial charge in [0.2, 0.25) is 0 Å². The first kappa shape index (κ1) is 13.6. The predicted molar refractivity (Wildman–Crippen MR) is 72.9 cm³/mol. The van der Waals surface area contributed by atoms with E-state index in [0.29, 0.717) is 19.5 Å². The number of aromatic nitrogens is 2. The van der Waals surface area contributed by atoms with Crippen molar-refractivity contribution in [2.75, 3.05) is 6.54 Å². The van der Waals surface area contributed by atoms with Gasteiger partial charge in [0.25, 0.3) is 0 Å². The second-order valence-corrected chi connectivity index (χ2v) is 4.93. The summed E-state index contributed by atoms with van der Waals surface area (Å²) in [6.07, 6.45) is 3.82. The molecule has 6 heteroatoms. The maximum atomic E-state index is 13.9. The van der Waals surface area contributed by atoms with Gasteiger partial charge < -0.3 is 5.11 Å². The number of hydrogen-bond donors (Lipinski definition) is 1. The smallest absolute Gasteiger partial charge is 0.325 e. The molecule has 3 rings (SSSR count). The molecule has 5 nitrogen and oxygen atoms in total. The molecule has 1 aliphatic heterocycles. The van der Waals surface area contributed by atoms with Gasteiger partial charge in [0, 0.05) is 37.5 Å². The third-order valence-electron chi connectivity index (χ3n) is 3.65. The standard InChI is InChI=1S/C15H14FN3O2/c16-11-4-2-1-3-10(11)14(15(20)21)19-8-5-12-13(9-19)18-7-6-17-12/h1-4,6-7,14H,5,8-9H2,(H,20,21). The Labute approximate surface area is 121 Å². The number of benzene rings is 1. The molecule has 2 aromatic rings. The predicted octanol–water partition coefficient (Wildman–Crippen LogP) is 1.80. The van der Waals surface area contributed by atoms with Crippen LogP contribution in [0.4, 0.5) is 4.39 Å². The van der Waals surface area contributed by atoms with Crippen molar-refractivity contribution >= 4 is 5.97 Å². The van der Waals surface area contributed by atoms with Crippen molar-refractivity contribution in [2.24, 2.45) is 0 Å². The average molecular weight is 287 g/mol. The van der Waals surface area contributed by atoms with Crippen LogP contribution in [0.1, 0.15) is 23.0 Å². The normalized spacial score (nSPS) is 16.2. The molecule has 21 heavy (non-hydrogen) atoms. The van der Waals surface area contributed by atoms with E-state index in [-0.39, 0.29) is 5.56 Å². The number of fused-ring (bicyclic) bond motifs is 1. The van der Waals surface area contributed by atoms with E-state index in [9.17, 15) is 14.3 Å². The van der Waals surface area contributed by atoms with Gasteiger partial charge in [-0.05, 0) is 6.07 Å². The molecule has 0 saturated heterocycles. The van der Waals surface area contributed by atoms with Crippen molar-refractivity contribution in [3.63, 3.8) is 0 Å². The Balaban J connectivity index is 1.94. The molecule has 1 unspecified atom stereocenters. The summed E-state index contributed by atoms with van der Waals surface area (Å²) < 4.78 is 13.9. The van der Waals surface area contributed by atoms with E-state index in [2.05, 4.69) is 9.97 Å². The van der Waals surface area contributed by atoms with Crippen LogP contribution in [0.2, 0.25) is 0 Å². The average Bonchev–Trinajstić information content (AvgIpc) is 2.49. The van der Waals surface area contributed by atoms with Crippen molar-refractivity contribution in [3.8, 4) is 0 Å². The number of rotatable bonds is 3. The van der Waals surface area contributed by atoms with E-state index >= 15 is 0 Å². The number of nitrogens with zero attached hydrogens (tertiary/aromatic N) is 3. The van der Waals surface area contributed by atoms with E-state index in [1.165, 1.54) is 12.1 Å². The topological polar surface area (TPSA) is 66.3 Å². The zero-order valence-electron chi connectivity index (χ0n) is 11.2. The van der Waals surface area contributed by atoms with Gasteiger partial charge in [-0.15, -0.1) is 0 Å². The van der Waals surface area contributed by atoms with Gasteiger partial charge >= 0.3 is 5.97 Å². The van der Waals surface area contributed by atoms with Crippen LogP contribution in [0.3, 0.4) is 0 Å². The number of carboxylic acids is 1. The lowest BCUT2D eigenvalue weighted by Crippen LogP contribution is -2.39. The summed E-state index contributed by atoms with van der Waals surface area (Å²) >= 11 is 0. The molecule has 0 spiro atoms. The van der Waals surface area contributed by atoms with Gasteiger partial charge in [0.15, 0.2) is 0 Å². The van der Waals surface area contributed by atoms with E-state index in [0.717, 1.165) is 11.4 Å². The summed E-state index contributed by atoms with van der Waals surface area (Å²) in [7, 11) is 0. The van der Waals surface area contributed by atoms with Crippen molar-refractivity contribution in [1.82, 2.24) is 14.9 Å². The van der Waals surface area contributed by atoms with E-state index in [1.54, 1.807) is 29.4 Å². The minimum Gasteiger partial charge on any atom is -0.480 e. The molecular formula is C15H14FN3O2. The lowest BCUT2D eigenvalue weighted by molar-refractivity contribution is -0.144. The Hall–Kier alpha value is -2.34. The molecule has 1 aliphatic rings. The fourth-order valence-corrected chi connectivity index (χ4v) is 2.66. The molecule has 1 aromatic carbocycles. The molecule has 0 saturated carbocycles. The van der Waals surface area contributed by atoms with E-state index < -0.39 is 17.8 Å². The Bertz CT molecular complexity index is 677. The Morgan fingerprint density at radius 1 is 1.24 bits per heavy atom. The fourth-order valence-electron chi connectivity index (χ4n) is 2.66. The second-order valence-electron chi connectivity index (χ2n) is 4.93. The van der Waals surface area contributed by atoms with Gasteiger partial charge in [-0.1, -0.05) is 18.2 Å². The van der Waals surface area contributed by atoms with Crippen LogP contribution in [-0.4, -0.2) is 32.5 Å². The maximum absolute atomic E-state index is 13.9. The van der Waals surface area contributed by atoms with Crippen molar-refractivity contribution in [1.29, 1.82) is 0 Å². The number of halogens is 1. The molecule has 0 fully saturated rings. The lowest BCUT2D eigenvalue weighted by atomic mass is 10.0. The summed E-state index contributed by atoms with van der Waals surface area (Å²) in [6, 6.07) is 4.98. The molecule has 0 radical (unpaired) electrons. The van der Waals surface area contributed by atoms with Crippen LogP contribution >= 0.6 is 0 Å². The molecule has 2 heterocycles. The van der Waals surface area contributed by atoms with Crippen molar-refractivity contribution in [3.05, 3.63) is 59.4 Å². The molecule has 1 N–H and O–H groups in total. The quantitative estimate of drug-likeness (QED) is 0.932. The monoisotopic (exact) mass is 287 g/mol. The largest absolute Gasteiger partial charge is 0.480 e. The summed E-state index contributed by atoms with van der Waals surface area (Å²) in [5, 5.41) is 9.51. The third kappa shape index (κ3) is 2.62. The molecule has 0 bridgehead atoms. The highest BCUT2D eigenvalue weighted by Gasteiger charge is 2.32. The number of hydrogen-bond acceptors (Lipinski definition) is 4. The lowest BCUT2D eigenvalue weighted by Gasteiger charge is -2.32. The first-order valence-corrected chi connectivity index (χ1v) is 6.67.